The van der Waals surface area contributed by atoms with Gasteiger partial charge in [0.2, 0.25) is 0 Å². The number of nitriles is 2. The molecule has 0 aliphatic heterocycles. The van der Waals surface area contributed by atoms with Gasteiger partial charge in [-0.05, 0) is 18.6 Å². The summed E-state index contributed by atoms with van der Waals surface area (Å²) in [5.74, 6) is 0.728. The highest BCUT2D eigenvalue weighted by molar-refractivity contribution is 5.66. The molecule has 104 valence electrons. The summed E-state index contributed by atoms with van der Waals surface area (Å²) in [5.41, 5.74) is 0.864. The second-order valence-electron chi connectivity index (χ2n) is 4.58. The van der Waals surface area contributed by atoms with E-state index in [4.69, 9.17) is 15.3 Å². The van der Waals surface area contributed by atoms with Gasteiger partial charge in [-0.2, -0.15) is 10.5 Å². The third-order valence-electron chi connectivity index (χ3n) is 2.97. The Bertz CT molecular complexity index is 505. The Hall–Kier alpha value is -2.26. The number of nitrogens with zero attached hydrogens (tertiary/aromatic N) is 2. The summed E-state index contributed by atoms with van der Waals surface area (Å²) in [4.78, 5) is 0. The van der Waals surface area contributed by atoms with E-state index in [1.165, 1.54) is 25.7 Å². The van der Waals surface area contributed by atoms with Crippen LogP contribution in [0.2, 0.25) is 0 Å². The van der Waals surface area contributed by atoms with Crippen LogP contribution >= 0.6 is 0 Å². The second-order valence-corrected chi connectivity index (χ2v) is 4.58. The summed E-state index contributed by atoms with van der Waals surface area (Å²) >= 11 is 0. The number of unbranched alkanes of at least 4 members (excludes halogenated alkanes) is 4. The minimum absolute atomic E-state index is 0.0870. The third kappa shape index (κ3) is 5.59. The fourth-order valence-corrected chi connectivity index (χ4v) is 1.86. The first-order valence-corrected chi connectivity index (χ1v) is 7.05. The van der Waals surface area contributed by atoms with Crippen molar-refractivity contribution in [2.24, 2.45) is 0 Å². The first kappa shape index (κ1) is 15.8. The minimum atomic E-state index is 0.0870. The molecule has 0 atom stereocenters. The molecule has 3 heteroatoms. The maximum atomic E-state index is 8.79. The number of para-hydroxylation sites is 1. The van der Waals surface area contributed by atoms with Gasteiger partial charge in [-0.1, -0.05) is 50.8 Å². The van der Waals surface area contributed by atoms with Gasteiger partial charge in [-0.3, -0.25) is 0 Å². The van der Waals surface area contributed by atoms with Crippen LogP contribution in [0.15, 0.2) is 29.8 Å². The molecule has 0 aliphatic rings. The molecular weight excluding hydrogens is 248 g/mol. The SMILES string of the molecule is CCCCCCCOc1ccccc1C=C(C#N)C#N. The number of benzene rings is 1. The van der Waals surface area contributed by atoms with Crippen LogP contribution < -0.4 is 4.74 Å². The largest absolute Gasteiger partial charge is 0.493 e. The van der Waals surface area contributed by atoms with Crippen LogP contribution in [0.25, 0.3) is 6.08 Å². The summed E-state index contributed by atoms with van der Waals surface area (Å²) < 4.78 is 5.74. The molecule has 20 heavy (non-hydrogen) atoms. The molecule has 0 N–H and O–H groups in total. The van der Waals surface area contributed by atoms with Crippen molar-refractivity contribution < 1.29 is 4.74 Å². The first-order valence-electron chi connectivity index (χ1n) is 7.05. The number of rotatable bonds is 8. The lowest BCUT2D eigenvalue weighted by molar-refractivity contribution is 0.304. The maximum Gasteiger partial charge on any atom is 0.130 e. The van der Waals surface area contributed by atoms with Crippen LogP contribution in [0.5, 0.6) is 5.75 Å². The van der Waals surface area contributed by atoms with E-state index in [0.29, 0.717) is 6.61 Å². The topological polar surface area (TPSA) is 56.8 Å². The van der Waals surface area contributed by atoms with Crippen molar-refractivity contribution in [3.05, 3.63) is 35.4 Å². The monoisotopic (exact) mass is 268 g/mol. The maximum absolute atomic E-state index is 8.79. The molecule has 1 aromatic carbocycles. The normalized spacial score (nSPS) is 9.35. The van der Waals surface area contributed by atoms with Gasteiger partial charge in [0.25, 0.3) is 0 Å². The van der Waals surface area contributed by atoms with E-state index in [9.17, 15) is 0 Å². The molecule has 0 saturated heterocycles. The molecule has 0 spiro atoms. The Kier molecular flexibility index (Phi) is 7.62. The Morgan fingerprint density at radius 2 is 1.80 bits per heavy atom. The third-order valence-corrected chi connectivity index (χ3v) is 2.97. The standard InChI is InChI=1S/C17H20N2O/c1-2-3-4-5-8-11-20-17-10-7-6-9-16(17)12-15(13-18)14-19/h6-7,9-10,12H,2-5,8,11H2,1H3. The van der Waals surface area contributed by atoms with Crippen molar-refractivity contribution in [1.82, 2.24) is 0 Å². The van der Waals surface area contributed by atoms with Crippen molar-refractivity contribution in [1.29, 1.82) is 10.5 Å². The average Bonchev–Trinajstić information content (AvgIpc) is 2.49. The van der Waals surface area contributed by atoms with Crippen molar-refractivity contribution in [3.63, 3.8) is 0 Å². The number of ether oxygens (including phenoxy) is 1. The molecule has 0 amide bonds. The summed E-state index contributed by atoms with van der Waals surface area (Å²) in [5, 5.41) is 17.6. The van der Waals surface area contributed by atoms with E-state index in [1.807, 2.05) is 36.4 Å². The van der Waals surface area contributed by atoms with Crippen LogP contribution in [0.1, 0.15) is 44.6 Å². The molecule has 0 fully saturated rings. The molecule has 0 aromatic heterocycles. The van der Waals surface area contributed by atoms with Crippen LogP contribution in [-0.4, -0.2) is 6.61 Å². The highest BCUT2D eigenvalue weighted by Crippen LogP contribution is 2.21. The van der Waals surface area contributed by atoms with Crippen molar-refractivity contribution in [3.8, 4) is 17.9 Å². The Morgan fingerprint density at radius 3 is 2.50 bits per heavy atom. The highest BCUT2D eigenvalue weighted by atomic mass is 16.5. The predicted molar refractivity (Wildman–Crippen MR) is 79.9 cm³/mol. The van der Waals surface area contributed by atoms with Gasteiger partial charge >= 0.3 is 0 Å². The Labute approximate surface area is 121 Å². The van der Waals surface area contributed by atoms with Gasteiger partial charge in [0, 0.05) is 5.56 Å². The summed E-state index contributed by atoms with van der Waals surface area (Å²) in [6.45, 7) is 2.87. The van der Waals surface area contributed by atoms with Gasteiger partial charge < -0.3 is 4.74 Å². The minimum Gasteiger partial charge on any atom is -0.493 e. The second kappa shape index (κ2) is 9.64. The molecule has 0 bridgehead atoms. The quantitative estimate of drug-likeness (QED) is 0.516. The Balaban J connectivity index is 2.57. The Morgan fingerprint density at radius 1 is 1.10 bits per heavy atom. The van der Waals surface area contributed by atoms with Gasteiger partial charge in [0.1, 0.15) is 23.5 Å². The number of hydrogen-bond acceptors (Lipinski definition) is 3. The fourth-order valence-electron chi connectivity index (χ4n) is 1.86. The lowest BCUT2D eigenvalue weighted by Gasteiger charge is -2.09. The van der Waals surface area contributed by atoms with E-state index in [0.717, 1.165) is 17.7 Å². The summed E-state index contributed by atoms with van der Waals surface area (Å²) in [6, 6.07) is 11.2. The highest BCUT2D eigenvalue weighted by Gasteiger charge is 2.02. The lowest BCUT2D eigenvalue weighted by Crippen LogP contribution is -1.98. The van der Waals surface area contributed by atoms with E-state index >= 15 is 0 Å². The summed E-state index contributed by atoms with van der Waals surface area (Å²) in [7, 11) is 0. The molecule has 0 saturated carbocycles. The molecular formula is C17H20N2O. The zero-order valence-electron chi connectivity index (χ0n) is 11.9. The van der Waals surface area contributed by atoms with Gasteiger partial charge in [-0.15, -0.1) is 0 Å². The van der Waals surface area contributed by atoms with E-state index in [1.54, 1.807) is 6.08 Å². The van der Waals surface area contributed by atoms with Crippen molar-refractivity contribution in [2.75, 3.05) is 6.61 Å². The van der Waals surface area contributed by atoms with Crippen LogP contribution in [0.3, 0.4) is 0 Å². The van der Waals surface area contributed by atoms with Gasteiger partial charge in [0.05, 0.1) is 6.61 Å². The summed E-state index contributed by atoms with van der Waals surface area (Å²) in [6.07, 6.45) is 7.52. The molecule has 0 radical (unpaired) electrons. The van der Waals surface area contributed by atoms with Crippen molar-refractivity contribution in [2.45, 2.75) is 39.0 Å². The smallest absolute Gasteiger partial charge is 0.130 e. The molecule has 0 aliphatic carbocycles. The average molecular weight is 268 g/mol. The van der Waals surface area contributed by atoms with Crippen molar-refractivity contribution >= 4 is 6.08 Å². The zero-order valence-corrected chi connectivity index (χ0v) is 11.9. The van der Waals surface area contributed by atoms with Gasteiger partial charge in [-0.25, -0.2) is 0 Å². The lowest BCUT2D eigenvalue weighted by atomic mass is 10.1. The van der Waals surface area contributed by atoms with E-state index in [2.05, 4.69) is 6.92 Å². The number of hydrogen-bond donors (Lipinski definition) is 0. The predicted octanol–water partition coefficient (Wildman–Crippen LogP) is 4.47. The molecule has 0 unspecified atom stereocenters. The van der Waals surface area contributed by atoms with E-state index < -0.39 is 0 Å². The fraction of sp³-hybridized carbons (Fsp3) is 0.412. The van der Waals surface area contributed by atoms with Crippen LogP contribution in [0, 0.1) is 22.7 Å². The van der Waals surface area contributed by atoms with E-state index in [-0.39, 0.29) is 5.57 Å². The zero-order chi connectivity index (χ0) is 14.6. The molecule has 0 heterocycles. The van der Waals surface area contributed by atoms with Crippen LogP contribution in [-0.2, 0) is 0 Å². The number of allylic oxidation sites excluding steroid dienone is 1. The molecule has 1 aromatic rings. The van der Waals surface area contributed by atoms with Crippen LogP contribution in [0.4, 0.5) is 0 Å². The molecule has 1 rings (SSSR count). The molecule has 3 nitrogen and oxygen atoms in total. The first-order chi connectivity index (χ1) is 9.81. The van der Waals surface area contributed by atoms with Gasteiger partial charge in [0.15, 0.2) is 0 Å².